The first-order valence-electron chi connectivity index (χ1n) is 9.48. The van der Waals surface area contributed by atoms with Gasteiger partial charge >= 0.3 is 0 Å². The highest BCUT2D eigenvalue weighted by Crippen LogP contribution is 2.19. The molecule has 26 heavy (non-hydrogen) atoms. The van der Waals surface area contributed by atoms with Crippen LogP contribution in [0.1, 0.15) is 49.5 Å². The first-order valence-corrected chi connectivity index (χ1v) is 9.86. The van der Waals surface area contributed by atoms with E-state index in [1.807, 2.05) is 24.3 Å². The molecule has 2 aromatic rings. The van der Waals surface area contributed by atoms with Gasteiger partial charge in [-0.2, -0.15) is 5.10 Å². The van der Waals surface area contributed by atoms with Crippen molar-refractivity contribution in [1.82, 2.24) is 20.0 Å². The van der Waals surface area contributed by atoms with Gasteiger partial charge < -0.3 is 10.2 Å². The summed E-state index contributed by atoms with van der Waals surface area (Å²) in [6.07, 6.45) is 7.83. The molecule has 1 unspecified atom stereocenters. The summed E-state index contributed by atoms with van der Waals surface area (Å²) < 4.78 is 1.63. The summed E-state index contributed by atoms with van der Waals surface area (Å²) in [7, 11) is 0. The van der Waals surface area contributed by atoms with E-state index in [4.69, 9.17) is 11.6 Å². The van der Waals surface area contributed by atoms with Gasteiger partial charge in [0.25, 0.3) is 5.91 Å². The van der Waals surface area contributed by atoms with Crippen LogP contribution in [0.4, 0.5) is 0 Å². The highest BCUT2D eigenvalue weighted by atomic mass is 35.5. The molecule has 6 heteroatoms. The second-order valence-corrected chi connectivity index (χ2v) is 7.35. The fourth-order valence-electron chi connectivity index (χ4n) is 3.44. The molecule has 1 aromatic heterocycles. The van der Waals surface area contributed by atoms with E-state index in [0.29, 0.717) is 23.3 Å². The fraction of sp³-hybridized carbons (Fsp3) is 0.500. The number of hydrogen-bond acceptors (Lipinski definition) is 3. The van der Waals surface area contributed by atoms with Gasteiger partial charge in [0.2, 0.25) is 0 Å². The summed E-state index contributed by atoms with van der Waals surface area (Å²) >= 11 is 6.17. The van der Waals surface area contributed by atoms with Gasteiger partial charge in [-0.3, -0.25) is 4.79 Å². The van der Waals surface area contributed by atoms with Crippen LogP contribution in [-0.4, -0.2) is 46.3 Å². The second-order valence-electron chi connectivity index (χ2n) is 6.94. The summed E-state index contributed by atoms with van der Waals surface area (Å²) in [5.74, 6) is -0.137. The Morgan fingerprint density at radius 2 is 2.12 bits per heavy atom. The molecule has 1 aliphatic rings. The lowest BCUT2D eigenvalue weighted by Gasteiger charge is -2.33. The Hall–Kier alpha value is -1.85. The molecule has 3 rings (SSSR count). The Labute approximate surface area is 160 Å². The molecule has 1 aromatic carbocycles. The van der Waals surface area contributed by atoms with Gasteiger partial charge in [0.15, 0.2) is 5.69 Å². The van der Waals surface area contributed by atoms with Crippen molar-refractivity contribution in [3.8, 4) is 5.69 Å². The quantitative estimate of drug-likeness (QED) is 0.747. The zero-order valence-corrected chi connectivity index (χ0v) is 16.1. The number of halogens is 1. The first-order chi connectivity index (χ1) is 12.6. The van der Waals surface area contributed by atoms with E-state index in [1.54, 1.807) is 16.9 Å². The van der Waals surface area contributed by atoms with E-state index in [0.717, 1.165) is 25.1 Å². The average molecular weight is 375 g/mol. The third-order valence-electron chi connectivity index (χ3n) is 5.02. The molecule has 1 aliphatic heterocycles. The van der Waals surface area contributed by atoms with Crippen molar-refractivity contribution >= 4 is 17.5 Å². The van der Waals surface area contributed by atoms with Crippen molar-refractivity contribution in [3.63, 3.8) is 0 Å². The Kier molecular flexibility index (Phi) is 6.69. The lowest BCUT2D eigenvalue weighted by Crippen LogP contribution is -2.38. The Bertz CT molecular complexity index is 730. The van der Waals surface area contributed by atoms with Crippen molar-refractivity contribution in [3.05, 3.63) is 47.2 Å². The first kappa shape index (κ1) is 18.9. The number of carbonyl (C=O) groups is 1. The number of nitrogens with one attached hydrogen (secondary N) is 1. The van der Waals surface area contributed by atoms with Gasteiger partial charge in [0.05, 0.1) is 10.7 Å². The van der Waals surface area contributed by atoms with Crippen LogP contribution >= 0.6 is 11.6 Å². The number of likely N-dealkylation sites (tertiary alicyclic amines) is 1. The van der Waals surface area contributed by atoms with Gasteiger partial charge in [0.1, 0.15) is 0 Å². The van der Waals surface area contributed by atoms with Gasteiger partial charge in [-0.1, -0.05) is 30.2 Å². The van der Waals surface area contributed by atoms with E-state index >= 15 is 0 Å². The van der Waals surface area contributed by atoms with E-state index in [1.165, 1.54) is 25.8 Å². The molecule has 0 spiro atoms. The molecular weight excluding hydrogens is 348 g/mol. The van der Waals surface area contributed by atoms with Crippen molar-refractivity contribution in [2.45, 2.75) is 45.1 Å². The number of amides is 1. The van der Waals surface area contributed by atoms with E-state index in [-0.39, 0.29) is 5.91 Å². The minimum absolute atomic E-state index is 0.137. The van der Waals surface area contributed by atoms with E-state index in [9.17, 15) is 4.79 Å². The third kappa shape index (κ3) is 4.86. The number of benzene rings is 1. The number of nitrogens with zero attached hydrogens (tertiary/aromatic N) is 3. The summed E-state index contributed by atoms with van der Waals surface area (Å²) in [4.78, 5) is 14.8. The molecule has 2 heterocycles. The summed E-state index contributed by atoms with van der Waals surface area (Å²) in [5.41, 5.74) is 1.18. The molecule has 0 radical (unpaired) electrons. The highest BCUT2D eigenvalue weighted by molar-refractivity contribution is 6.32. The van der Waals surface area contributed by atoms with Crippen molar-refractivity contribution in [1.29, 1.82) is 0 Å². The summed E-state index contributed by atoms with van der Waals surface area (Å²) in [6, 6.07) is 9.86. The van der Waals surface area contributed by atoms with Crippen molar-refractivity contribution < 1.29 is 4.79 Å². The number of aromatic nitrogens is 2. The molecule has 140 valence electrons. The van der Waals surface area contributed by atoms with Crippen LogP contribution in [-0.2, 0) is 0 Å². The molecule has 1 atom stereocenters. The lowest BCUT2D eigenvalue weighted by molar-refractivity contribution is 0.0946. The summed E-state index contributed by atoms with van der Waals surface area (Å²) in [5, 5.41) is 7.90. The van der Waals surface area contributed by atoms with Crippen LogP contribution in [0.2, 0.25) is 5.02 Å². The normalized spacial score (nSPS) is 18.0. The zero-order valence-electron chi connectivity index (χ0n) is 15.3. The number of hydrogen-bond donors (Lipinski definition) is 1. The molecule has 0 bridgehead atoms. The van der Waals surface area contributed by atoms with Crippen molar-refractivity contribution in [2.75, 3.05) is 19.6 Å². The second kappa shape index (κ2) is 9.19. The maximum Gasteiger partial charge on any atom is 0.271 e. The number of para-hydroxylation sites is 1. The van der Waals surface area contributed by atoms with Gasteiger partial charge in [-0.15, -0.1) is 0 Å². The molecule has 1 amide bonds. The number of unbranched alkanes of at least 4 members (excludes halogenated alkanes) is 1. The maximum atomic E-state index is 12.3. The number of piperidine rings is 1. The molecule has 1 fully saturated rings. The molecule has 0 aliphatic carbocycles. The zero-order chi connectivity index (χ0) is 18.4. The monoisotopic (exact) mass is 374 g/mol. The molecular formula is C20H27ClN4O. The maximum absolute atomic E-state index is 12.3. The van der Waals surface area contributed by atoms with E-state index in [2.05, 4.69) is 22.2 Å². The Morgan fingerprint density at radius 1 is 1.27 bits per heavy atom. The molecule has 1 N–H and O–H groups in total. The largest absolute Gasteiger partial charge is 0.351 e. The van der Waals surface area contributed by atoms with Crippen LogP contribution in [0, 0.1) is 0 Å². The van der Waals surface area contributed by atoms with Crippen LogP contribution < -0.4 is 5.32 Å². The van der Waals surface area contributed by atoms with Gasteiger partial charge in [-0.25, -0.2) is 4.68 Å². The fourth-order valence-corrected chi connectivity index (χ4v) is 3.66. The molecule has 0 saturated carbocycles. The van der Waals surface area contributed by atoms with Crippen molar-refractivity contribution in [2.24, 2.45) is 0 Å². The number of carbonyl (C=O) groups excluding carboxylic acids is 1. The SMILES string of the molecule is CC1CCCCN1CCCCNC(=O)c1ccn(-c2ccccc2Cl)n1. The van der Waals surface area contributed by atoms with Crippen LogP contribution in [0.3, 0.4) is 0 Å². The van der Waals surface area contributed by atoms with Gasteiger partial charge in [0, 0.05) is 18.8 Å². The Morgan fingerprint density at radius 3 is 2.92 bits per heavy atom. The van der Waals surface area contributed by atoms with Crippen LogP contribution in [0.15, 0.2) is 36.5 Å². The predicted molar refractivity (Wildman–Crippen MR) is 105 cm³/mol. The average Bonchev–Trinajstić information content (AvgIpc) is 3.13. The van der Waals surface area contributed by atoms with E-state index < -0.39 is 0 Å². The van der Waals surface area contributed by atoms with Crippen LogP contribution in [0.5, 0.6) is 0 Å². The highest BCUT2D eigenvalue weighted by Gasteiger charge is 2.17. The minimum atomic E-state index is -0.137. The standard InChI is InChI=1S/C20H27ClN4O/c1-16-8-4-6-13-24(16)14-7-5-12-22-20(26)18-11-15-25(23-18)19-10-3-2-9-17(19)21/h2-3,9-11,15-16H,4-8,12-14H2,1H3,(H,22,26). The molecule has 5 nitrogen and oxygen atoms in total. The van der Waals surface area contributed by atoms with Crippen LogP contribution in [0.25, 0.3) is 5.69 Å². The Balaban J connectivity index is 1.42. The summed E-state index contributed by atoms with van der Waals surface area (Å²) in [6.45, 7) is 5.33. The minimum Gasteiger partial charge on any atom is -0.351 e. The smallest absolute Gasteiger partial charge is 0.271 e. The number of rotatable bonds is 7. The molecule has 1 saturated heterocycles. The van der Waals surface area contributed by atoms with Gasteiger partial charge in [-0.05, 0) is 63.9 Å². The third-order valence-corrected chi connectivity index (χ3v) is 5.34. The predicted octanol–water partition coefficient (Wildman–Crippen LogP) is 3.91. The topological polar surface area (TPSA) is 50.2 Å². The lowest BCUT2D eigenvalue weighted by atomic mass is 10.0.